The highest BCUT2D eigenvalue weighted by Gasteiger charge is 2.11. The minimum atomic E-state index is -0.00370. The lowest BCUT2D eigenvalue weighted by Gasteiger charge is -2.04. The molecule has 0 fully saturated rings. The Hall–Kier alpha value is -2.55. The minimum absolute atomic E-state index is 0.00370. The first-order chi connectivity index (χ1) is 8.86. The van der Waals surface area contributed by atoms with Crippen molar-refractivity contribution in [1.29, 1.82) is 0 Å². The number of pyridine rings is 2. The van der Waals surface area contributed by atoms with Crippen molar-refractivity contribution in [2.45, 2.75) is 0 Å². The van der Waals surface area contributed by atoms with Crippen LogP contribution >= 0.6 is 0 Å². The van der Waals surface area contributed by atoms with Crippen molar-refractivity contribution in [2.75, 3.05) is 0 Å². The van der Waals surface area contributed by atoms with E-state index in [-0.39, 0.29) is 5.78 Å². The molecule has 3 heteroatoms. The Labute approximate surface area is 104 Å². The summed E-state index contributed by atoms with van der Waals surface area (Å²) in [6, 6.07) is 12.8. The molecule has 0 saturated carbocycles. The van der Waals surface area contributed by atoms with Crippen molar-refractivity contribution in [2.24, 2.45) is 0 Å². The summed E-state index contributed by atoms with van der Waals surface area (Å²) in [6.45, 7) is 0. The zero-order valence-electron chi connectivity index (χ0n) is 9.58. The fourth-order valence-electron chi connectivity index (χ4n) is 1.96. The second-order valence-corrected chi connectivity index (χ2v) is 3.94. The van der Waals surface area contributed by atoms with Crippen molar-refractivity contribution < 1.29 is 4.79 Å². The number of fused-ring (bicyclic) bond motifs is 1. The smallest absolute Gasteiger partial charge is 0.193 e. The Morgan fingerprint density at radius 1 is 0.889 bits per heavy atom. The van der Waals surface area contributed by atoms with Gasteiger partial charge in [-0.05, 0) is 24.3 Å². The van der Waals surface area contributed by atoms with Crippen molar-refractivity contribution in [1.82, 2.24) is 9.97 Å². The molecule has 0 unspecified atom stereocenters. The van der Waals surface area contributed by atoms with Gasteiger partial charge in [0, 0.05) is 35.1 Å². The van der Waals surface area contributed by atoms with Gasteiger partial charge in [0.1, 0.15) is 0 Å². The number of ketones is 1. The molecule has 0 saturated heterocycles. The summed E-state index contributed by atoms with van der Waals surface area (Å²) in [6.07, 6.45) is 4.97. The van der Waals surface area contributed by atoms with Crippen LogP contribution in [0.2, 0.25) is 0 Å². The highest BCUT2D eigenvalue weighted by molar-refractivity contribution is 6.15. The second kappa shape index (κ2) is 4.37. The minimum Gasteiger partial charge on any atom is -0.289 e. The van der Waals surface area contributed by atoms with E-state index in [1.54, 1.807) is 30.7 Å². The molecule has 18 heavy (non-hydrogen) atoms. The predicted molar refractivity (Wildman–Crippen MR) is 69.4 cm³/mol. The highest BCUT2D eigenvalue weighted by atomic mass is 16.1. The van der Waals surface area contributed by atoms with E-state index in [0.717, 1.165) is 10.9 Å². The molecular weight excluding hydrogens is 224 g/mol. The standard InChI is InChI=1S/C15H10N2O/c18-15(11-6-9-16-10-7-11)13-3-1-5-14-12(13)4-2-8-17-14/h1-10H. The first-order valence-corrected chi connectivity index (χ1v) is 5.65. The van der Waals surface area contributed by atoms with Crippen molar-refractivity contribution >= 4 is 16.7 Å². The van der Waals surface area contributed by atoms with Gasteiger partial charge in [0.15, 0.2) is 5.78 Å². The molecule has 0 N–H and O–H groups in total. The monoisotopic (exact) mass is 234 g/mol. The normalized spacial score (nSPS) is 10.4. The number of nitrogens with zero attached hydrogens (tertiary/aromatic N) is 2. The first-order valence-electron chi connectivity index (χ1n) is 5.65. The lowest BCUT2D eigenvalue weighted by Crippen LogP contribution is -2.02. The Morgan fingerprint density at radius 3 is 2.56 bits per heavy atom. The fourth-order valence-corrected chi connectivity index (χ4v) is 1.96. The largest absolute Gasteiger partial charge is 0.289 e. The number of rotatable bonds is 2. The molecular formula is C15H10N2O. The maximum atomic E-state index is 12.4. The van der Waals surface area contributed by atoms with Crippen LogP contribution in [0, 0.1) is 0 Å². The fraction of sp³-hybridized carbons (Fsp3) is 0. The summed E-state index contributed by atoms with van der Waals surface area (Å²) in [5, 5.41) is 0.877. The van der Waals surface area contributed by atoms with Gasteiger partial charge in [-0.1, -0.05) is 18.2 Å². The molecule has 0 amide bonds. The Morgan fingerprint density at radius 2 is 1.72 bits per heavy atom. The topological polar surface area (TPSA) is 42.9 Å². The summed E-state index contributed by atoms with van der Waals surface area (Å²) in [4.78, 5) is 20.6. The molecule has 0 spiro atoms. The number of carbonyl (C=O) groups excluding carboxylic acids is 1. The Bertz CT molecular complexity index is 703. The van der Waals surface area contributed by atoms with Crippen LogP contribution in [-0.2, 0) is 0 Å². The van der Waals surface area contributed by atoms with Crippen molar-refractivity contribution in [3.8, 4) is 0 Å². The number of aromatic nitrogens is 2. The molecule has 2 aromatic heterocycles. The van der Waals surface area contributed by atoms with Crippen molar-refractivity contribution in [3.63, 3.8) is 0 Å². The summed E-state index contributed by atoms with van der Waals surface area (Å²) in [5.41, 5.74) is 2.14. The van der Waals surface area contributed by atoms with E-state index in [0.29, 0.717) is 11.1 Å². The van der Waals surface area contributed by atoms with Crippen LogP contribution in [0.5, 0.6) is 0 Å². The third kappa shape index (κ3) is 1.76. The molecule has 0 aliphatic rings. The lowest BCUT2D eigenvalue weighted by molar-refractivity contribution is 0.104. The van der Waals surface area contributed by atoms with Gasteiger partial charge in [-0.2, -0.15) is 0 Å². The third-order valence-electron chi connectivity index (χ3n) is 2.83. The molecule has 0 bridgehead atoms. The van der Waals surface area contributed by atoms with E-state index >= 15 is 0 Å². The maximum Gasteiger partial charge on any atom is 0.193 e. The predicted octanol–water partition coefficient (Wildman–Crippen LogP) is 2.86. The van der Waals surface area contributed by atoms with Gasteiger partial charge in [-0.3, -0.25) is 14.8 Å². The number of benzene rings is 1. The quantitative estimate of drug-likeness (QED) is 0.640. The lowest BCUT2D eigenvalue weighted by atomic mass is 10.00. The van der Waals surface area contributed by atoms with Crippen LogP contribution < -0.4 is 0 Å². The molecule has 0 atom stereocenters. The van der Waals surface area contributed by atoms with Crippen LogP contribution in [0.4, 0.5) is 0 Å². The molecule has 2 heterocycles. The van der Waals surface area contributed by atoms with E-state index in [1.165, 1.54) is 0 Å². The number of hydrogen-bond donors (Lipinski definition) is 0. The molecule has 3 rings (SSSR count). The third-order valence-corrected chi connectivity index (χ3v) is 2.83. The van der Waals surface area contributed by atoms with Gasteiger partial charge in [0.25, 0.3) is 0 Å². The van der Waals surface area contributed by atoms with E-state index in [2.05, 4.69) is 9.97 Å². The Kier molecular flexibility index (Phi) is 2.57. The van der Waals surface area contributed by atoms with Crippen LogP contribution in [0.3, 0.4) is 0 Å². The molecule has 3 nitrogen and oxygen atoms in total. The van der Waals surface area contributed by atoms with Gasteiger partial charge in [-0.25, -0.2) is 0 Å². The number of carbonyl (C=O) groups is 1. The van der Waals surface area contributed by atoms with E-state index < -0.39 is 0 Å². The average Bonchev–Trinajstić information content (AvgIpc) is 2.47. The van der Waals surface area contributed by atoms with Gasteiger partial charge in [-0.15, -0.1) is 0 Å². The van der Waals surface area contributed by atoms with Crippen LogP contribution in [0.15, 0.2) is 61.1 Å². The molecule has 0 aliphatic carbocycles. The van der Waals surface area contributed by atoms with Crippen LogP contribution in [0.1, 0.15) is 15.9 Å². The molecule has 0 radical (unpaired) electrons. The molecule has 0 aliphatic heterocycles. The van der Waals surface area contributed by atoms with E-state index in [4.69, 9.17) is 0 Å². The molecule has 86 valence electrons. The van der Waals surface area contributed by atoms with Gasteiger partial charge >= 0.3 is 0 Å². The van der Waals surface area contributed by atoms with E-state index in [1.807, 2.05) is 30.3 Å². The zero-order chi connectivity index (χ0) is 12.4. The average molecular weight is 234 g/mol. The van der Waals surface area contributed by atoms with E-state index in [9.17, 15) is 4.79 Å². The summed E-state index contributed by atoms with van der Waals surface area (Å²) in [7, 11) is 0. The Balaban J connectivity index is 2.18. The second-order valence-electron chi connectivity index (χ2n) is 3.94. The van der Waals surface area contributed by atoms with Crippen LogP contribution in [-0.4, -0.2) is 15.8 Å². The first kappa shape index (κ1) is 10.6. The number of hydrogen-bond acceptors (Lipinski definition) is 3. The zero-order valence-corrected chi connectivity index (χ0v) is 9.58. The summed E-state index contributed by atoms with van der Waals surface area (Å²) < 4.78 is 0. The molecule has 1 aromatic carbocycles. The van der Waals surface area contributed by atoms with Gasteiger partial charge in [0.05, 0.1) is 5.52 Å². The highest BCUT2D eigenvalue weighted by Crippen LogP contribution is 2.19. The summed E-state index contributed by atoms with van der Waals surface area (Å²) in [5.74, 6) is -0.00370. The maximum absolute atomic E-state index is 12.4. The van der Waals surface area contributed by atoms with Crippen LogP contribution in [0.25, 0.3) is 10.9 Å². The SMILES string of the molecule is O=C(c1ccncc1)c1cccc2ncccc12. The molecule has 3 aromatic rings. The summed E-state index contributed by atoms with van der Waals surface area (Å²) >= 11 is 0. The van der Waals surface area contributed by atoms with Gasteiger partial charge < -0.3 is 0 Å². The van der Waals surface area contributed by atoms with Crippen molar-refractivity contribution in [3.05, 3.63) is 72.2 Å². The van der Waals surface area contributed by atoms with Gasteiger partial charge in [0.2, 0.25) is 0 Å².